The van der Waals surface area contributed by atoms with Crippen molar-refractivity contribution in [2.45, 2.75) is 6.54 Å². The van der Waals surface area contributed by atoms with E-state index in [-0.39, 0.29) is 23.4 Å². The van der Waals surface area contributed by atoms with E-state index in [4.69, 9.17) is 14.6 Å². The lowest BCUT2D eigenvalue weighted by Crippen LogP contribution is -2.27. The molecule has 0 bridgehead atoms. The Morgan fingerprint density at radius 3 is 2.62 bits per heavy atom. The van der Waals surface area contributed by atoms with Gasteiger partial charge in [-0.05, 0) is 51.9 Å². The molecular formula is C24H19NO6S. The Morgan fingerprint density at radius 1 is 1.06 bits per heavy atom. The lowest BCUT2D eigenvalue weighted by atomic mass is 10.0. The van der Waals surface area contributed by atoms with Crippen molar-refractivity contribution in [1.29, 1.82) is 0 Å². The standard InChI is InChI=1S/C24H19NO6S/c1-30-20-11-15(9-10-19(20)31-14-22(26)27)12-21-23(28)25(24(29)32-21)13-17-7-4-6-16-5-2-3-8-18(16)17/h2-12H,13-14H2,1H3,(H,26,27). The third-order valence-electron chi connectivity index (χ3n) is 4.92. The number of carboxylic acids is 1. The van der Waals surface area contributed by atoms with Gasteiger partial charge in [0.15, 0.2) is 18.1 Å². The molecule has 4 rings (SSSR count). The minimum Gasteiger partial charge on any atom is -0.493 e. The largest absolute Gasteiger partial charge is 0.493 e. The average Bonchev–Trinajstić information content (AvgIpc) is 3.05. The molecule has 1 aliphatic heterocycles. The summed E-state index contributed by atoms with van der Waals surface area (Å²) in [4.78, 5) is 37.8. The van der Waals surface area contributed by atoms with Gasteiger partial charge >= 0.3 is 5.97 Å². The van der Waals surface area contributed by atoms with Gasteiger partial charge in [0.05, 0.1) is 18.6 Å². The van der Waals surface area contributed by atoms with Crippen LogP contribution in [-0.2, 0) is 16.1 Å². The van der Waals surface area contributed by atoms with Gasteiger partial charge in [-0.15, -0.1) is 0 Å². The molecule has 0 atom stereocenters. The highest BCUT2D eigenvalue weighted by atomic mass is 32.2. The fourth-order valence-corrected chi connectivity index (χ4v) is 4.26. The highest BCUT2D eigenvalue weighted by molar-refractivity contribution is 8.18. The van der Waals surface area contributed by atoms with Crippen LogP contribution in [0.2, 0.25) is 0 Å². The zero-order chi connectivity index (χ0) is 22.7. The molecule has 1 aliphatic rings. The van der Waals surface area contributed by atoms with Crippen molar-refractivity contribution in [1.82, 2.24) is 4.90 Å². The molecule has 1 heterocycles. The van der Waals surface area contributed by atoms with E-state index >= 15 is 0 Å². The SMILES string of the molecule is COc1cc(C=C2SC(=O)N(Cc3cccc4ccccc34)C2=O)ccc1OCC(=O)O. The highest BCUT2D eigenvalue weighted by Crippen LogP contribution is 2.36. The van der Waals surface area contributed by atoms with Gasteiger partial charge in [0.1, 0.15) is 0 Å². The fourth-order valence-electron chi connectivity index (χ4n) is 3.42. The number of carboxylic acid groups (broad SMARTS) is 1. The van der Waals surface area contributed by atoms with Crippen LogP contribution in [0, 0.1) is 0 Å². The maximum Gasteiger partial charge on any atom is 0.341 e. The zero-order valence-corrected chi connectivity index (χ0v) is 17.9. The molecule has 0 spiro atoms. The molecule has 1 N–H and O–H groups in total. The molecule has 0 aromatic heterocycles. The molecule has 0 unspecified atom stereocenters. The third kappa shape index (κ3) is 4.45. The summed E-state index contributed by atoms with van der Waals surface area (Å²) < 4.78 is 10.4. The number of amides is 2. The molecule has 162 valence electrons. The summed E-state index contributed by atoms with van der Waals surface area (Å²) >= 11 is 0.882. The van der Waals surface area contributed by atoms with E-state index in [1.165, 1.54) is 12.0 Å². The van der Waals surface area contributed by atoms with Crippen LogP contribution >= 0.6 is 11.8 Å². The van der Waals surface area contributed by atoms with Crippen molar-refractivity contribution in [3.63, 3.8) is 0 Å². The minimum atomic E-state index is -1.10. The predicted molar refractivity (Wildman–Crippen MR) is 122 cm³/mol. The number of thioether (sulfide) groups is 1. The van der Waals surface area contributed by atoms with E-state index in [1.807, 2.05) is 42.5 Å². The van der Waals surface area contributed by atoms with Crippen molar-refractivity contribution < 1.29 is 29.0 Å². The fraction of sp³-hybridized carbons (Fsp3) is 0.125. The first kappa shape index (κ1) is 21.5. The number of carbonyl (C=O) groups is 3. The van der Waals surface area contributed by atoms with Crippen molar-refractivity contribution in [3.8, 4) is 11.5 Å². The molecule has 0 radical (unpaired) electrons. The molecule has 0 aliphatic carbocycles. The van der Waals surface area contributed by atoms with Gasteiger partial charge < -0.3 is 14.6 Å². The van der Waals surface area contributed by atoms with Gasteiger partial charge in [0, 0.05) is 0 Å². The summed E-state index contributed by atoms with van der Waals surface area (Å²) in [5.74, 6) is -0.861. The molecule has 1 saturated heterocycles. The zero-order valence-electron chi connectivity index (χ0n) is 17.1. The van der Waals surface area contributed by atoms with Crippen LogP contribution < -0.4 is 9.47 Å². The van der Waals surface area contributed by atoms with Crippen molar-refractivity contribution in [3.05, 3.63) is 76.7 Å². The maximum atomic E-state index is 13.0. The summed E-state index contributed by atoms with van der Waals surface area (Å²) in [6.45, 7) is -0.308. The number of nitrogens with zero attached hydrogens (tertiary/aromatic N) is 1. The van der Waals surface area contributed by atoms with E-state index in [2.05, 4.69) is 0 Å². The Labute approximate surface area is 188 Å². The van der Waals surface area contributed by atoms with Crippen molar-refractivity contribution in [2.24, 2.45) is 0 Å². The Bertz CT molecular complexity index is 1250. The van der Waals surface area contributed by atoms with Gasteiger partial charge in [-0.2, -0.15) is 0 Å². The quantitative estimate of drug-likeness (QED) is 0.529. The van der Waals surface area contributed by atoms with Crippen LogP contribution in [0.15, 0.2) is 65.6 Å². The molecule has 0 saturated carbocycles. The van der Waals surface area contributed by atoms with E-state index in [1.54, 1.807) is 24.3 Å². The third-order valence-corrected chi connectivity index (χ3v) is 5.83. The van der Waals surface area contributed by atoms with Crippen LogP contribution in [-0.4, -0.2) is 40.8 Å². The number of methoxy groups -OCH3 is 1. The van der Waals surface area contributed by atoms with Gasteiger partial charge in [0.2, 0.25) is 0 Å². The summed E-state index contributed by atoms with van der Waals surface area (Å²) in [7, 11) is 1.44. The molecular weight excluding hydrogens is 430 g/mol. The second-order valence-electron chi connectivity index (χ2n) is 7.00. The van der Waals surface area contributed by atoms with Gasteiger partial charge in [0.25, 0.3) is 11.1 Å². The van der Waals surface area contributed by atoms with Crippen molar-refractivity contribution >= 4 is 45.7 Å². The van der Waals surface area contributed by atoms with Crippen LogP contribution in [0.1, 0.15) is 11.1 Å². The van der Waals surface area contributed by atoms with Gasteiger partial charge in [-0.25, -0.2) is 4.79 Å². The Morgan fingerprint density at radius 2 is 1.84 bits per heavy atom. The Kier molecular flexibility index (Phi) is 6.13. The lowest BCUT2D eigenvalue weighted by molar-refractivity contribution is -0.139. The monoisotopic (exact) mass is 449 g/mol. The number of carbonyl (C=O) groups excluding carboxylic acids is 2. The molecule has 1 fully saturated rings. The van der Waals surface area contributed by atoms with E-state index in [0.29, 0.717) is 16.2 Å². The number of aliphatic carboxylic acids is 1. The first-order chi connectivity index (χ1) is 15.5. The molecule has 3 aromatic rings. The molecule has 8 heteroatoms. The van der Waals surface area contributed by atoms with Gasteiger partial charge in [-0.1, -0.05) is 48.5 Å². The average molecular weight is 449 g/mol. The number of hydrogen-bond donors (Lipinski definition) is 1. The first-order valence-corrected chi connectivity index (χ1v) is 10.5. The Hall–Kier alpha value is -3.78. The molecule has 32 heavy (non-hydrogen) atoms. The number of ether oxygens (including phenoxy) is 2. The van der Waals surface area contributed by atoms with Crippen LogP contribution in [0.4, 0.5) is 4.79 Å². The molecule has 7 nitrogen and oxygen atoms in total. The topological polar surface area (TPSA) is 93.1 Å². The van der Waals surface area contributed by atoms with Crippen molar-refractivity contribution in [2.75, 3.05) is 13.7 Å². The molecule has 2 amide bonds. The summed E-state index contributed by atoms with van der Waals surface area (Å²) in [5, 5.41) is 10.5. The summed E-state index contributed by atoms with van der Waals surface area (Å²) in [6, 6.07) is 18.5. The van der Waals surface area contributed by atoms with E-state index < -0.39 is 12.6 Å². The summed E-state index contributed by atoms with van der Waals surface area (Å²) in [6.07, 6.45) is 1.61. The summed E-state index contributed by atoms with van der Waals surface area (Å²) in [5.41, 5.74) is 1.52. The lowest BCUT2D eigenvalue weighted by Gasteiger charge is -2.14. The predicted octanol–water partition coefficient (Wildman–Crippen LogP) is 4.55. The maximum absolute atomic E-state index is 13.0. The normalized spacial score (nSPS) is 14.9. The Balaban J connectivity index is 1.56. The number of hydrogen-bond acceptors (Lipinski definition) is 6. The number of imide groups is 1. The van der Waals surface area contributed by atoms with Crippen LogP contribution in [0.3, 0.4) is 0 Å². The molecule has 3 aromatic carbocycles. The highest BCUT2D eigenvalue weighted by Gasteiger charge is 2.35. The second-order valence-corrected chi connectivity index (χ2v) is 7.99. The second kappa shape index (κ2) is 9.15. The van der Waals surface area contributed by atoms with E-state index in [9.17, 15) is 14.4 Å². The number of rotatable bonds is 7. The van der Waals surface area contributed by atoms with E-state index in [0.717, 1.165) is 28.1 Å². The smallest absolute Gasteiger partial charge is 0.341 e. The van der Waals surface area contributed by atoms with Gasteiger partial charge in [-0.3, -0.25) is 14.5 Å². The van der Waals surface area contributed by atoms with Crippen LogP contribution in [0.5, 0.6) is 11.5 Å². The van der Waals surface area contributed by atoms with Crippen LogP contribution in [0.25, 0.3) is 16.8 Å². The number of fused-ring (bicyclic) bond motifs is 1. The first-order valence-electron chi connectivity index (χ1n) is 9.71. The number of benzene rings is 3. The minimum absolute atomic E-state index is 0.189.